The zero-order valence-electron chi connectivity index (χ0n) is 17.3. The molecule has 0 aliphatic heterocycles. The maximum Gasteiger partial charge on any atom is 0.419 e. The van der Waals surface area contributed by atoms with Crippen LogP contribution in [0.25, 0.3) is 10.9 Å². The smallest absolute Gasteiger partial charge is 0.419 e. The van der Waals surface area contributed by atoms with Crippen LogP contribution >= 0.6 is 0 Å². The van der Waals surface area contributed by atoms with Crippen LogP contribution in [0.3, 0.4) is 0 Å². The fourth-order valence-electron chi connectivity index (χ4n) is 4.69. The molecule has 8 heteroatoms. The third kappa shape index (κ3) is 3.26. The van der Waals surface area contributed by atoms with E-state index in [4.69, 9.17) is 4.74 Å². The lowest BCUT2D eigenvalue weighted by Gasteiger charge is -2.49. The fraction of sp³-hybridized carbons (Fsp3) is 0.348. The standard InChI is InChI=1S/C23H23F3N2O3/c1-21(2)13-22(30,23(24,25)26)20(15-8-6-10-17(31-3)19(15)21)27-28-16-9-5-4-7-14(16)11-12-18(28)29/h4-12,20,27,30H,13H2,1-3H3. The average molecular weight is 432 g/mol. The van der Waals surface area contributed by atoms with Crippen molar-refractivity contribution in [2.45, 2.75) is 43.5 Å². The Kier molecular flexibility index (Phi) is 4.81. The summed E-state index contributed by atoms with van der Waals surface area (Å²) >= 11 is 0. The fourth-order valence-corrected chi connectivity index (χ4v) is 4.69. The summed E-state index contributed by atoms with van der Waals surface area (Å²) in [5.74, 6) is 0.434. The number of hydrogen-bond donors (Lipinski definition) is 2. The minimum absolute atomic E-state index is 0.232. The third-order valence-electron chi connectivity index (χ3n) is 6.01. The minimum atomic E-state index is -4.95. The molecule has 2 N–H and O–H groups in total. The number of alkyl halides is 3. The summed E-state index contributed by atoms with van der Waals surface area (Å²) < 4.78 is 49.4. The maximum absolute atomic E-state index is 14.3. The van der Waals surface area contributed by atoms with Crippen molar-refractivity contribution in [3.8, 4) is 5.75 Å². The first-order chi connectivity index (χ1) is 14.5. The summed E-state index contributed by atoms with van der Waals surface area (Å²) in [6.45, 7) is 3.29. The van der Waals surface area contributed by atoms with E-state index in [-0.39, 0.29) is 5.56 Å². The van der Waals surface area contributed by atoms with Gasteiger partial charge in [-0.25, -0.2) is 4.68 Å². The molecule has 1 aromatic heterocycles. The average Bonchev–Trinajstić information content (AvgIpc) is 2.70. The van der Waals surface area contributed by atoms with Gasteiger partial charge in [0.25, 0.3) is 5.56 Å². The second kappa shape index (κ2) is 7.02. The van der Waals surface area contributed by atoms with Crippen molar-refractivity contribution in [2.75, 3.05) is 12.5 Å². The molecule has 0 radical (unpaired) electrons. The number of pyridine rings is 1. The lowest BCUT2D eigenvalue weighted by Crippen LogP contribution is -2.60. The minimum Gasteiger partial charge on any atom is -0.496 e. The number of ether oxygens (including phenoxy) is 1. The van der Waals surface area contributed by atoms with Crippen molar-refractivity contribution in [1.29, 1.82) is 0 Å². The quantitative estimate of drug-likeness (QED) is 0.649. The third-order valence-corrected chi connectivity index (χ3v) is 6.01. The van der Waals surface area contributed by atoms with Gasteiger partial charge in [-0.2, -0.15) is 13.2 Å². The highest BCUT2D eigenvalue weighted by atomic mass is 19.4. The molecule has 0 saturated heterocycles. The van der Waals surface area contributed by atoms with Crippen LogP contribution in [-0.2, 0) is 5.41 Å². The van der Waals surface area contributed by atoms with Crippen molar-refractivity contribution in [2.24, 2.45) is 0 Å². The predicted molar refractivity (Wildman–Crippen MR) is 112 cm³/mol. The van der Waals surface area contributed by atoms with E-state index in [0.29, 0.717) is 22.2 Å². The molecule has 2 unspecified atom stereocenters. The number of benzene rings is 2. The van der Waals surface area contributed by atoms with E-state index < -0.39 is 35.2 Å². The Morgan fingerprint density at radius 2 is 1.81 bits per heavy atom. The van der Waals surface area contributed by atoms with E-state index in [1.165, 1.54) is 19.2 Å². The Balaban J connectivity index is 1.99. The lowest BCUT2D eigenvalue weighted by atomic mass is 9.63. The van der Waals surface area contributed by atoms with Gasteiger partial charge in [0.05, 0.1) is 12.6 Å². The molecular weight excluding hydrogens is 409 g/mol. The Morgan fingerprint density at radius 1 is 1.10 bits per heavy atom. The summed E-state index contributed by atoms with van der Waals surface area (Å²) in [5.41, 5.74) is -0.760. The highest BCUT2D eigenvalue weighted by Gasteiger charge is 2.64. The molecule has 2 atom stereocenters. The largest absolute Gasteiger partial charge is 0.496 e. The summed E-state index contributed by atoms with van der Waals surface area (Å²) in [5, 5.41) is 11.8. The number of para-hydroxylation sites is 1. The monoisotopic (exact) mass is 432 g/mol. The van der Waals surface area contributed by atoms with E-state index in [0.717, 1.165) is 4.68 Å². The van der Waals surface area contributed by atoms with E-state index in [9.17, 15) is 23.1 Å². The Labute approximate surface area is 177 Å². The van der Waals surface area contributed by atoms with Crippen molar-refractivity contribution < 1.29 is 23.0 Å². The maximum atomic E-state index is 14.3. The van der Waals surface area contributed by atoms with Crippen LogP contribution in [-0.4, -0.2) is 28.7 Å². The molecule has 0 fully saturated rings. The van der Waals surface area contributed by atoms with Crippen LogP contribution in [0.4, 0.5) is 13.2 Å². The molecule has 5 nitrogen and oxygen atoms in total. The Bertz CT molecular complexity index is 1200. The first-order valence-electron chi connectivity index (χ1n) is 9.83. The second-order valence-corrected chi connectivity index (χ2v) is 8.54. The summed E-state index contributed by atoms with van der Waals surface area (Å²) in [6.07, 6.45) is -5.55. The van der Waals surface area contributed by atoms with Crippen LogP contribution in [0, 0.1) is 0 Å². The molecule has 4 rings (SSSR count). The van der Waals surface area contributed by atoms with E-state index in [2.05, 4.69) is 5.43 Å². The number of hydrogen-bond acceptors (Lipinski definition) is 4. The van der Waals surface area contributed by atoms with Gasteiger partial charge < -0.3 is 15.3 Å². The Hall–Kier alpha value is -3.00. The van der Waals surface area contributed by atoms with Crippen LogP contribution in [0.1, 0.15) is 37.4 Å². The number of aromatic nitrogens is 1. The number of nitrogens with one attached hydrogen (secondary N) is 1. The van der Waals surface area contributed by atoms with Gasteiger partial charge in [-0.3, -0.25) is 4.79 Å². The molecule has 2 aromatic carbocycles. The normalized spacial score (nSPS) is 22.7. The van der Waals surface area contributed by atoms with Gasteiger partial charge in [0.2, 0.25) is 0 Å². The molecule has 0 spiro atoms. The number of halogens is 3. The van der Waals surface area contributed by atoms with Crippen molar-refractivity contribution in [3.63, 3.8) is 0 Å². The summed E-state index contributed by atoms with van der Waals surface area (Å²) in [4.78, 5) is 12.6. The highest BCUT2D eigenvalue weighted by molar-refractivity contribution is 5.79. The summed E-state index contributed by atoms with van der Waals surface area (Å²) in [6, 6.07) is 12.9. The molecule has 3 aromatic rings. The van der Waals surface area contributed by atoms with Gasteiger partial charge >= 0.3 is 6.18 Å². The van der Waals surface area contributed by atoms with Crippen LogP contribution in [0.2, 0.25) is 0 Å². The molecule has 0 saturated carbocycles. The van der Waals surface area contributed by atoms with Gasteiger partial charge in [0.1, 0.15) is 11.8 Å². The first-order valence-corrected chi connectivity index (χ1v) is 9.83. The summed E-state index contributed by atoms with van der Waals surface area (Å²) in [7, 11) is 1.45. The van der Waals surface area contributed by atoms with E-state index in [1.54, 1.807) is 56.3 Å². The van der Waals surface area contributed by atoms with E-state index in [1.807, 2.05) is 0 Å². The second-order valence-electron chi connectivity index (χ2n) is 8.54. The zero-order chi connectivity index (χ0) is 22.6. The van der Waals surface area contributed by atoms with Gasteiger partial charge in [-0.1, -0.05) is 44.2 Å². The van der Waals surface area contributed by atoms with Gasteiger partial charge in [0, 0.05) is 17.0 Å². The van der Waals surface area contributed by atoms with Gasteiger partial charge in [0.15, 0.2) is 5.60 Å². The zero-order valence-corrected chi connectivity index (χ0v) is 17.3. The molecule has 31 heavy (non-hydrogen) atoms. The first kappa shape index (κ1) is 21.2. The number of fused-ring (bicyclic) bond motifs is 2. The molecule has 1 heterocycles. The molecule has 0 amide bonds. The highest BCUT2D eigenvalue weighted by Crippen LogP contribution is 2.55. The number of nitrogens with zero attached hydrogens (tertiary/aromatic N) is 1. The van der Waals surface area contributed by atoms with Gasteiger partial charge in [-0.15, -0.1) is 0 Å². The lowest BCUT2D eigenvalue weighted by molar-refractivity contribution is -0.276. The number of methoxy groups -OCH3 is 1. The molecular formula is C23H23F3N2O3. The Morgan fingerprint density at radius 3 is 2.48 bits per heavy atom. The molecule has 1 aliphatic rings. The predicted octanol–water partition coefficient (Wildman–Crippen LogP) is 4.27. The number of rotatable bonds is 3. The molecule has 1 aliphatic carbocycles. The van der Waals surface area contributed by atoms with E-state index >= 15 is 0 Å². The SMILES string of the molecule is COc1cccc2c1C(C)(C)CC(O)(C(F)(F)F)C2Nn1c(=O)ccc2ccccc21. The van der Waals surface area contributed by atoms with Crippen LogP contribution in [0.15, 0.2) is 59.4 Å². The van der Waals surface area contributed by atoms with Crippen molar-refractivity contribution in [3.05, 3.63) is 76.1 Å². The topological polar surface area (TPSA) is 63.5 Å². The molecule has 0 bridgehead atoms. The van der Waals surface area contributed by atoms with Gasteiger partial charge in [-0.05, 0) is 35.6 Å². The van der Waals surface area contributed by atoms with Crippen molar-refractivity contribution >= 4 is 10.9 Å². The van der Waals surface area contributed by atoms with Crippen LogP contribution < -0.4 is 15.7 Å². The van der Waals surface area contributed by atoms with Crippen molar-refractivity contribution in [1.82, 2.24) is 4.68 Å². The van der Waals surface area contributed by atoms with Crippen LogP contribution in [0.5, 0.6) is 5.75 Å². The molecule has 164 valence electrons. The number of aliphatic hydroxyl groups is 1.